The van der Waals surface area contributed by atoms with Crippen LogP contribution in [0.3, 0.4) is 0 Å². The molecule has 0 unspecified atom stereocenters. The maximum Gasteiger partial charge on any atom is 0.276 e. The van der Waals surface area contributed by atoms with Crippen molar-refractivity contribution in [1.29, 1.82) is 0 Å². The number of aromatic nitrogens is 2. The van der Waals surface area contributed by atoms with Gasteiger partial charge in [-0.3, -0.25) is 9.89 Å². The Morgan fingerprint density at radius 3 is 2.52 bits per heavy atom. The minimum Gasteiger partial charge on any atom is -0.378 e. The first-order valence-electron chi connectivity index (χ1n) is 6.67. The van der Waals surface area contributed by atoms with Crippen molar-refractivity contribution in [1.82, 2.24) is 10.2 Å². The van der Waals surface area contributed by atoms with Gasteiger partial charge in [-0.05, 0) is 30.3 Å². The Morgan fingerprint density at radius 1 is 1.10 bits per heavy atom. The smallest absolute Gasteiger partial charge is 0.276 e. The second kappa shape index (κ2) is 5.28. The van der Waals surface area contributed by atoms with E-state index in [1.54, 1.807) is 0 Å². The van der Waals surface area contributed by atoms with Gasteiger partial charge in [0.05, 0.1) is 5.52 Å². The lowest BCUT2D eigenvalue weighted by molar-refractivity contribution is 0.102. The van der Waals surface area contributed by atoms with Crippen LogP contribution in [0, 0.1) is 0 Å². The molecule has 0 saturated carbocycles. The fourth-order valence-electron chi connectivity index (χ4n) is 2.17. The predicted octanol–water partition coefficient (Wildman–Crippen LogP) is 2.88. The molecule has 0 aliphatic carbocycles. The number of para-hydroxylation sites is 1. The van der Waals surface area contributed by atoms with Crippen LogP contribution < -0.4 is 10.2 Å². The van der Waals surface area contributed by atoms with E-state index < -0.39 is 0 Å². The molecule has 2 aromatic carbocycles. The summed E-state index contributed by atoms with van der Waals surface area (Å²) in [5.74, 6) is -0.218. The van der Waals surface area contributed by atoms with E-state index in [1.165, 1.54) is 0 Å². The highest BCUT2D eigenvalue weighted by molar-refractivity contribution is 6.11. The number of amides is 1. The fourth-order valence-corrected chi connectivity index (χ4v) is 2.17. The molecular weight excluding hydrogens is 264 g/mol. The highest BCUT2D eigenvalue weighted by atomic mass is 16.1. The van der Waals surface area contributed by atoms with Gasteiger partial charge in [-0.1, -0.05) is 18.2 Å². The van der Waals surface area contributed by atoms with Crippen molar-refractivity contribution in [2.45, 2.75) is 0 Å². The number of carbonyl (C=O) groups is 1. The molecule has 3 rings (SSSR count). The zero-order valence-electron chi connectivity index (χ0n) is 11.9. The average molecular weight is 280 g/mol. The summed E-state index contributed by atoms with van der Waals surface area (Å²) in [6, 6.07) is 15.2. The molecule has 0 spiro atoms. The summed E-state index contributed by atoms with van der Waals surface area (Å²) in [6.07, 6.45) is 0. The molecule has 106 valence electrons. The molecule has 21 heavy (non-hydrogen) atoms. The van der Waals surface area contributed by atoms with Crippen LogP contribution in [0.25, 0.3) is 10.9 Å². The van der Waals surface area contributed by atoms with E-state index in [0.717, 1.165) is 22.3 Å². The molecule has 0 radical (unpaired) electrons. The molecule has 1 heterocycles. The van der Waals surface area contributed by atoms with Gasteiger partial charge in [-0.25, -0.2) is 0 Å². The van der Waals surface area contributed by atoms with E-state index >= 15 is 0 Å². The Morgan fingerprint density at radius 2 is 1.81 bits per heavy atom. The molecule has 5 nitrogen and oxygen atoms in total. The summed E-state index contributed by atoms with van der Waals surface area (Å²) in [4.78, 5) is 14.3. The summed E-state index contributed by atoms with van der Waals surface area (Å²) in [7, 11) is 3.95. The Balaban J connectivity index is 1.83. The van der Waals surface area contributed by atoms with Crippen LogP contribution in [0.2, 0.25) is 0 Å². The molecule has 0 aliphatic heterocycles. The van der Waals surface area contributed by atoms with Gasteiger partial charge in [0.1, 0.15) is 0 Å². The topological polar surface area (TPSA) is 61.0 Å². The number of hydrogen-bond acceptors (Lipinski definition) is 3. The number of nitrogens with zero attached hydrogens (tertiary/aromatic N) is 2. The van der Waals surface area contributed by atoms with Crippen molar-refractivity contribution in [3.8, 4) is 0 Å². The Hall–Kier alpha value is -2.82. The molecule has 0 aliphatic rings. The minimum absolute atomic E-state index is 0.218. The molecule has 3 aromatic rings. The first-order valence-corrected chi connectivity index (χ1v) is 6.67. The summed E-state index contributed by atoms with van der Waals surface area (Å²) in [6.45, 7) is 0. The van der Waals surface area contributed by atoms with Crippen LogP contribution >= 0.6 is 0 Å². The first kappa shape index (κ1) is 13.2. The Bertz CT molecular complexity index is 774. The van der Waals surface area contributed by atoms with Crippen LogP contribution in [-0.4, -0.2) is 30.2 Å². The number of benzene rings is 2. The molecule has 1 amide bonds. The van der Waals surface area contributed by atoms with Crippen LogP contribution in [0.4, 0.5) is 11.4 Å². The van der Waals surface area contributed by atoms with Crippen molar-refractivity contribution in [3.63, 3.8) is 0 Å². The summed E-state index contributed by atoms with van der Waals surface area (Å²) >= 11 is 0. The lowest BCUT2D eigenvalue weighted by Gasteiger charge is -2.12. The quantitative estimate of drug-likeness (QED) is 0.775. The lowest BCUT2D eigenvalue weighted by atomic mass is 10.2. The number of H-pyrrole nitrogens is 1. The number of fused-ring (bicyclic) bond motifs is 1. The number of rotatable bonds is 3. The van der Waals surface area contributed by atoms with Gasteiger partial charge >= 0.3 is 0 Å². The lowest BCUT2D eigenvalue weighted by Crippen LogP contribution is -2.13. The maximum atomic E-state index is 12.3. The van der Waals surface area contributed by atoms with E-state index in [2.05, 4.69) is 15.5 Å². The number of hydrogen-bond donors (Lipinski definition) is 2. The van der Waals surface area contributed by atoms with Gasteiger partial charge in [0, 0.05) is 30.9 Å². The third-order valence-corrected chi connectivity index (χ3v) is 3.33. The van der Waals surface area contributed by atoms with E-state index in [9.17, 15) is 4.79 Å². The zero-order chi connectivity index (χ0) is 14.8. The van der Waals surface area contributed by atoms with Crippen molar-refractivity contribution in [3.05, 3.63) is 54.2 Å². The second-order valence-electron chi connectivity index (χ2n) is 5.01. The molecule has 0 atom stereocenters. The Kier molecular flexibility index (Phi) is 3.31. The van der Waals surface area contributed by atoms with Crippen LogP contribution in [0.15, 0.2) is 48.5 Å². The highest BCUT2D eigenvalue weighted by Crippen LogP contribution is 2.19. The standard InChI is InChI=1S/C16H16N4O/c1-20(2)12-9-7-11(8-10-12)17-16(21)15-13-5-3-4-6-14(13)18-19-15/h3-10H,1-2H3,(H,17,21)(H,18,19). The van der Waals surface area contributed by atoms with E-state index in [1.807, 2.05) is 67.5 Å². The van der Waals surface area contributed by atoms with Gasteiger partial charge in [-0.2, -0.15) is 5.10 Å². The average Bonchev–Trinajstić information content (AvgIpc) is 2.92. The maximum absolute atomic E-state index is 12.3. The van der Waals surface area contributed by atoms with E-state index in [-0.39, 0.29) is 5.91 Å². The molecule has 0 bridgehead atoms. The SMILES string of the molecule is CN(C)c1ccc(NC(=O)c2n[nH]c3ccccc23)cc1. The molecule has 1 aromatic heterocycles. The van der Waals surface area contributed by atoms with Crippen LogP contribution in [0.5, 0.6) is 0 Å². The zero-order valence-corrected chi connectivity index (χ0v) is 11.9. The van der Waals surface area contributed by atoms with Crippen molar-refractivity contribution in [2.75, 3.05) is 24.3 Å². The fraction of sp³-hybridized carbons (Fsp3) is 0.125. The molecule has 2 N–H and O–H groups in total. The van der Waals surface area contributed by atoms with Crippen molar-refractivity contribution >= 4 is 28.2 Å². The molecule has 0 fully saturated rings. The monoisotopic (exact) mass is 280 g/mol. The van der Waals surface area contributed by atoms with Crippen LogP contribution in [-0.2, 0) is 0 Å². The Labute approximate surface area is 122 Å². The number of anilines is 2. The number of aromatic amines is 1. The summed E-state index contributed by atoms with van der Waals surface area (Å²) < 4.78 is 0. The second-order valence-corrected chi connectivity index (χ2v) is 5.01. The molecule has 5 heteroatoms. The van der Waals surface area contributed by atoms with Crippen LogP contribution in [0.1, 0.15) is 10.5 Å². The minimum atomic E-state index is -0.218. The number of carbonyl (C=O) groups excluding carboxylic acids is 1. The third kappa shape index (κ3) is 2.58. The predicted molar refractivity (Wildman–Crippen MR) is 84.8 cm³/mol. The number of nitrogens with one attached hydrogen (secondary N) is 2. The van der Waals surface area contributed by atoms with Crippen molar-refractivity contribution in [2.24, 2.45) is 0 Å². The molecular formula is C16H16N4O. The van der Waals surface area contributed by atoms with Gasteiger partial charge in [0.2, 0.25) is 0 Å². The largest absolute Gasteiger partial charge is 0.378 e. The highest BCUT2D eigenvalue weighted by Gasteiger charge is 2.13. The summed E-state index contributed by atoms with van der Waals surface area (Å²) in [5.41, 5.74) is 3.09. The molecule has 0 saturated heterocycles. The summed E-state index contributed by atoms with van der Waals surface area (Å²) in [5, 5.41) is 10.6. The third-order valence-electron chi connectivity index (χ3n) is 3.33. The van der Waals surface area contributed by atoms with Gasteiger partial charge in [0.15, 0.2) is 5.69 Å². The van der Waals surface area contributed by atoms with E-state index in [4.69, 9.17) is 0 Å². The first-order chi connectivity index (χ1) is 10.1. The van der Waals surface area contributed by atoms with Gasteiger partial charge in [0.25, 0.3) is 5.91 Å². The normalized spacial score (nSPS) is 10.6. The van der Waals surface area contributed by atoms with Crippen molar-refractivity contribution < 1.29 is 4.79 Å². The van der Waals surface area contributed by atoms with E-state index in [0.29, 0.717) is 5.69 Å². The van der Waals surface area contributed by atoms with Gasteiger partial charge in [-0.15, -0.1) is 0 Å². The van der Waals surface area contributed by atoms with Gasteiger partial charge < -0.3 is 10.2 Å².